The van der Waals surface area contributed by atoms with Gasteiger partial charge in [-0.25, -0.2) is 4.98 Å². The van der Waals surface area contributed by atoms with Gasteiger partial charge in [-0.1, -0.05) is 6.92 Å². The van der Waals surface area contributed by atoms with E-state index in [1.807, 2.05) is 6.92 Å². The highest BCUT2D eigenvalue weighted by Gasteiger charge is 2.53. The largest absolute Gasteiger partial charge is 0.400 e. The van der Waals surface area contributed by atoms with Crippen LogP contribution in [0.4, 0.5) is 8.78 Å². The summed E-state index contributed by atoms with van der Waals surface area (Å²) in [6, 6.07) is 3.92. The van der Waals surface area contributed by atoms with Gasteiger partial charge in [-0.2, -0.15) is 13.9 Å². The number of hydrogen-bond donors (Lipinski definition) is 3. The maximum Gasteiger partial charge on any atom is 0.400 e. The first-order chi connectivity index (χ1) is 13.5. The number of aryl methyl sites for hydroxylation is 1. The molecule has 8 nitrogen and oxygen atoms in total. The number of aromatic nitrogens is 3. The molecule has 1 unspecified atom stereocenters. The van der Waals surface area contributed by atoms with Crippen LogP contribution >= 0.6 is 34.9 Å². The summed E-state index contributed by atoms with van der Waals surface area (Å²) in [5, 5.41) is 7.06. The van der Waals surface area contributed by atoms with Crippen molar-refractivity contribution in [1.82, 2.24) is 20.1 Å². The number of halogens is 3. The lowest BCUT2D eigenvalue weighted by Crippen LogP contribution is -2.30. The van der Waals surface area contributed by atoms with Crippen molar-refractivity contribution < 1.29 is 27.9 Å². The SMILES string of the molecule is CCC(NC(=O)c1ccc2sc(C(F)(F)P(=O)(O)O)c(Br)c2c1)c1ncnn1C. The molecule has 1 amide bonds. The van der Waals surface area contributed by atoms with Crippen molar-refractivity contribution >= 4 is 50.9 Å². The van der Waals surface area contributed by atoms with Crippen molar-refractivity contribution in [2.24, 2.45) is 7.05 Å². The van der Waals surface area contributed by atoms with Crippen LogP contribution in [0.5, 0.6) is 0 Å². The lowest BCUT2D eigenvalue weighted by molar-refractivity contribution is 0.0595. The molecule has 0 radical (unpaired) electrons. The summed E-state index contributed by atoms with van der Waals surface area (Å²) in [5.41, 5.74) is -4.13. The molecule has 0 saturated carbocycles. The Morgan fingerprint density at radius 2 is 2.14 bits per heavy atom. The van der Waals surface area contributed by atoms with Crippen LogP contribution in [0.2, 0.25) is 0 Å². The van der Waals surface area contributed by atoms with Gasteiger partial charge in [0.15, 0.2) is 0 Å². The second-order valence-electron chi connectivity index (χ2n) is 6.22. The van der Waals surface area contributed by atoms with Gasteiger partial charge in [0, 0.05) is 27.2 Å². The molecule has 13 heteroatoms. The Morgan fingerprint density at radius 1 is 1.45 bits per heavy atom. The Hall–Kier alpha value is -1.72. The lowest BCUT2D eigenvalue weighted by atomic mass is 10.1. The van der Waals surface area contributed by atoms with Crippen LogP contribution in [0.1, 0.15) is 40.4 Å². The molecule has 2 aromatic heterocycles. The molecule has 0 fully saturated rings. The van der Waals surface area contributed by atoms with E-state index in [4.69, 9.17) is 9.79 Å². The van der Waals surface area contributed by atoms with Crippen LogP contribution in [0.3, 0.4) is 0 Å². The molecule has 0 spiro atoms. The topological polar surface area (TPSA) is 117 Å². The molecule has 3 rings (SSSR count). The molecule has 0 aliphatic rings. The number of nitrogens with zero attached hydrogens (tertiary/aromatic N) is 3. The number of carbonyl (C=O) groups excluding carboxylic acids is 1. The summed E-state index contributed by atoms with van der Waals surface area (Å²) < 4.78 is 41.3. The maximum atomic E-state index is 14.2. The average Bonchev–Trinajstić information content (AvgIpc) is 3.22. The highest BCUT2D eigenvalue weighted by Crippen LogP contribution is 2.62. The number of carbonyl (C=O) groups is 1. The summed E-state index contributed by atoms with van der Waals surface area (Å²) in [7, 11) is -4.00. The highest BCUT2D eigenvalue weighted by molar-refractivity contribution is 9.10. The number of hydrogen-bond acceptors (Lipinski definition) is 5. The van der Waals surface area contributed by atoms with Crippen LogP contribution < -0.4 is 5.32 Å². The normalized spacial score (nSPS) is 13.6. The van der Waals surface area contributed by atoms with E-state index in [0.29, 0.717) is 28.3 Å². The first-order valence-electron chi connectivity index (χ1n) is 8.28. The number of thiophene rings is 1. The molecule has 0 saturated heterocycles. The van der Waals surface area contributed by atoms with E-state index in [1.54, 1.807) is 11.7 Å². The van der Waals surface area contributed by atoms with Crippen LogP contribution in [0.25, 0.3) is 10.1 Å². The molecule has 3 N–H and O–H groups in total. The van der Waals surface area contributed by atoms with E-state index in [0.717, 1.165) is 0 Å². The van der Waals surface area contributed by atoms with Gasteiger partial charge in [0.1, 0.15) is 17.0 Å². The third-order valence-corrected chi connectivity index (χ3v) is 7.73. The summed E-state index contributed by atoms with van der Waals surface area (Å²) in [6.07, 6.45) is 1.93. The zero-order chi connectivity index (χ0) is 21.6. The second-order valence-corrected chi connectivity index (χ2v) is 9.71. The van der Waals surface area contributed by atoms with E-state index in [2.05, 4.69) is 31.3 Å². The number of rotatable bonds is 6. The molecular weight excluding hydrogens is 493 g/mol. The molecule has 29 heavy (non-hydrogen) atoms. The number of fused-ring (bicyclic) bond motifs is 1. The second kappa shape index (κ2) is 7.84. The van der Waals surface area contributed by atoms with Gasteiger partial charge in [0.2, 0.25) is 0 Å². The molecule has 3 aromatic rings. The number of alkyl halides is 2. The number of amides is 1. The molecule has 1 aromatic carbocycles. The Kier molecular flexibility index (Phi) is 5.94. The third kappa shape index (κ3) is 3.99. The van der Waals surface area contributed by atoms with Crippen molar-refractivity contribution in [3.63, 3.8) is 0 Å². The molecule has 1 atom stereocenters. The lowest BCUT2D eigenvalue weighted by Gasteiger charge is -2.16. The van der Waals surface area contributed by atoms with Crippen LogP contribution in [-0.4, -0.2) is 30.5 Å². The Balaban J connectivity index is 1.95. The fourth-order valence-electron chi connectivity index (χ4n) is 2.75. The molecular formula is C16H16BrF2N4O4PS. The van der Waals surface area contributed by atoms with Crippen molar-refractivity contribution in [3.8, 4) is 0 Å². The smallest absolute Gasteiger partial charge is 0.342 e. The first kappa shape index (κ1) is 22.0. The zero-order valence-corrected chi connectivity index (χ0v) is 18.4. The molecule has 0 aliphatic carbocycles. The maximum absolute atomic E-state index is 14.2. The predicted octanol–water partition coefficient (Wildman–Crippen LogP) is 3.90. The van der Waals surface area contributed by atoms with E-state index < -0.39 is 30.1 Å². The standard InChI is InChI=1S/C16H16BrF2N4O4PS/c1-3-10(14-20-7-21-23(14)2)22-15(24)8-4-5-11-9(6-8)12(17)13(29-11)16(18,19)28(25,26)27/h4-7,10H,3H2,1-2H3,(H,22,24)(H2,25,26,27). The van der Waals surface area contributed by atoms with Crippen LogP contribution in [0.15, 0.2) is 29.0 Å². The van der Waals surface area contributed by atoms with Crippen LogP contribution in [0, 0.1) is 0 Å². The number of benzene rings is 1. The van der Waals surface area contributed by atoms with E-state index in [9.17, 15) is 18.1 Å². The third-order valence-electron chi connectivity index (χ3n) is 4.30. The fourth-order valence-corrected chi connectivity index (χ4v) is 5.67. The highest BCUT2D eigenvalue weighted by atomic mass is 79.9. The molecule has 0 bridgehead atoms. The van der Waals surface area contributed by atoms with Gasteiger partial charge < -0.3 is 15.1 Å². The fraction of sp³-hybridized carbons (Fsp3) is 0.312. The van der Waals surface area contributed by atoms with Crippen molar-refractivity contribution in [2.45, 2.75) is 25.1 Å². The minimum Gasteiger partial charge on any atom is -0.342 e. The van der Waals surface area contributed by atoms with Gasteiger partial charge in [-0.15, -0.1) is 11.3 Å². The minimum atomic E-state index is -5.71. The van der Waals surface area contributed by atoms with Gasteiger partial charge in [0.05, 0.1) is 6.04 Å². The van der Waals surface area contributed by atoms with Crippen molar-refractivity contribution in [1.29, 1.82) is 0 Å². The first-order valence-corrected chi connectivity index (χ1v) is 11.5. The molecule has 0 aliphatic heterocycles. The quantitative estimate of drug-likeness (QED) is 0.434. The summed E-state index contributed by atoms with van der Waals surface area (Å²) in [4.78, 5) is 34.0. The van der Waals surface area contributed by atoms with E-state index in [-0.39, 0.29) is 15.4 Å². The number of nitrogens with one attached hydrogen (secondary N) is 1. The van der Waals surface area contributed by atoms with E-state index in [1.165, 1.54) is 24.5 Å². The Morgan fingerprint density at radius 3 is 2.69 bits per heavy atom. The summed E-state index contributed by atoms with van der Waals surface area (Å²) in [5.74, 6) is 0.130. The Labute approximate surface area is 176 Å². The molecule has 2 heterocycles. The van der Waals surface area contributed by atoms with E-state index >= 15 is 0 Å². The zero-order valence-electron chi connectivity index (χ0n) is 15.1. The van der Waals surface area contributed by atoms with Crippen molar-refractivity contribution in [3.05, 3.63) is 45.3 Å². The van der Waals surface area contributed by atoms with Gasteiger partial charge in [0.25, 0.3) is 5.91 Å². The van der Waals surface area contributed by atoms with Gasteiger partial charge >= 0.3 is 13.3 Å². The van der Waals surface area contributed by atoms with Crippen molar-refractivity contribution in [2.75, 3.05) is 0 Å². The minimum absolute atomic E-state index is 0.152. The summed E-state index contributed by atoms with van der Waals surface area (Å²) >= 11 is 3.56. The predicted molar refractivity (Wildman–Crippen MR) is 107 cm³/mol. The average molecular weight is 509 g/mol. The van der Waals surface area contributed by atoms with Crippen LogP contribution in [-0.2, 0) is 17.3 Å². The molecule has 156 valence electrons. The van der Waals surface area contributed by atoms with Gasteiger partial charge in [-0.05, 0) is 40.5 Å². The summed E-state index contributed by atoms with van der Waals surface area (Å²) in [6.45, 7) is 1.87. The monoisotopic (exact) mass is 508 g/mol. The Bertz CT molecular complexity index is 1130. The van der Waals surface area contributed by atoms with Gasteiger partial charge in [-0.3, -0.25) is 14.0 Å².